The van der Waals surface area contributed by atoms with Crippen LogP contribution in [0.5, 0.6) is 0 Å². The van der Waals surface area contributed by atoms with Crippen molar-refractivity contribution in [2.45, 2.75) is 38.9 Å². The second kappa shape index (κ2) is 4.77. The molecule has 1 aliphatic heterocycles. The Morgan fingerprint density at radius 1 is 1.62 bits per heavy atom. The van der Waals surface area contributed by atoms with Gasteiger partial charge in [0.1, 0.15) is 0 Å². The molecular formula is C12H19BrN2S. The molecule has 0 spiro atoms. The summed E-state index contributed by atoms with van der Waals surface area (Å²) >= 11 is 5.45. The zero-order chi connectivity index (χ0) is 11.8. The lowest BCUT2D eigenvalue weighted by atomic mass is 9.98. The molecule has 4 heteroatoms. The van der Waals surface area contributed by atoms with Gasteiger partial charge < -0.3 is 5.32 Å². The lowest BCUT2D eigenvalue weighted by Crippen LogP contribution is -2.60. The molecule has 0 saturated carbocycles. The van der Waals surface area contributed by atoms with Crippen molar-refractivity contribution in [3.63, 3.8) is 0 Å². The standard InChI is InChI=1S/C12H19BrN2S/c1-9-6-15(12(2,3)8-14-9)7-11-10(13)4-5-16-11/h4-5,9,14H,6-8H2,1-3H3. The summed E-state index contributed by atoms with van der Waals surface area (Å²) < 4.78 is 1.25. The van der Waals surface area contributed by atoms with Gasteiger partial charge in [0.05, 0.1) is 0 Å². The van der Waals surface area contributed by atoms with Crippen LogP contribution in [-0.4, -0.2) is 29.6 Å². The second-order valence-electron chi connectivity index (χ2n) is 5.17. The second-order valence-corrected chi connectivity index (χ2v) is 7.02. The summed E-state index contributed by atoms with van der Waals surface area (Å²) in [5, 5.41) is 5.70. The van der Waals surface area contributed by atoms with Gasteiger partial charge in [-0.1, -0.05) is 0 Å². The Balaban J connectivity index is 2.10. The van der Waals surface area contributed by atoms with E-state index in [1.165, 1.54) is 9.35 Å². The molecule has 90 valence electrons. The monoisotopic (exact) mass is 302 g/mol. The summed E-state index contributed by atoms with van der Waals surface area (Å²) in [6, 6.07) is 2.73. The first-order valence-corrected chi connectivity index (χ1v) is 7.36. The van der Waals surface area contributed by atoms with Crippen molar-refractivity contribution in [3.05, 3.63) is 20.8 Å². The molecule has 1 aliphatic rings. The molecule has 0 radical (unpaired) electrons. The molecule has 1 saturated heterocycles. The van der Waals surface area contributed by atoms with Crippen LogP contribution in [0, 0.1) is 0 Å². The zero-order valence-electron chi connectivity index (χ0n) is 10.1. The van der Waals surface area contributed by atoms with Crippen molar-refractivity contribution < 1.29 is 0 Å². The van der Waals surface area contributed by atoms with Gasteiger partial charge in [-0.3, -0.25) is 4.90 Å². The lowest BCUT2D eigenvalue weighted by Gasteiger charge is -2.45. The van der Waals surface area contributed by atoms with E-state index in [-0.39, 0.29) is 5.54 Å². The van der Waals surface area contributed by atoms with E-state index in [1.54, 1.807) is 0 Å². The van der Waals surface area contributed by atoms with Gasteiger partial charge in [0, 0.05) is 40.6 Å². The molecular weight excluding hydrogens is 284 g/mol. The van der Waals surface area contributed by atoms with Crippen LogP contribution < -0.4 is 5.32 Å². The van der Waals surface area contributed by atoms with E-state index in [9.17, 15) is 0 Å². The number of nitrogens with zero attached hydrogens (tertiary/aromatic N) is 1. The number of hydrogen-bond donors (Lipinski definition) is 1. The summed E-state index contributed by atoms with van der Waals surface area (Å²) in [4.78, 5) is 4.01. The fraction of sp³-hybridized carbons (Fsp3) is 0.667. The van der Waals surface area contributed by atoms with E-state index in [2.05, 4.69) is 58.4 Å². The Morgan fingerprint density at radius 2 is 2.38 bits per heavy atom. The maximum atomic E-state index is 3.61. The van der Waals surface area contributed by atoms with Gasteiger partial charge in [-0.15, -0.1) is 11.3 Å². The van der Waals surface area contributed by atoms with E-state index < -0.39 is 0 Å². The van der Waals surface area contributed by atoms with Crippen LogP contribution in [0.25, 0.3) is 0 Å². The van der Waals surface area contributed by atoms with E-state index in [0.717, 1.165) is 19.6 Å². The topological polar surface area (TPSA) is 15.3 Å². The molecule has 1 aromatic heterocycles. The van der Waals surface area contributed by atoms with Crippen molar-refractivity contribution >= 4 is 27.3 Å². The SMILES string of the molecule is CC1CN(Cc2sccc2Br)C(C)(C)CN1. The van der Waals surface area contributed by atoms with Crippen LogP contribution in [-0.2, 0) is 6.54 Å². The van der Waals surface area contributed by atoms with Gasteiger partial charge in [0.25, 0.3) is 0 Å². The minimum Gasteiger partial charge on any atom is -0.311 e. The Morgan fingerprint density at radius 3 is 3.00 bits per heavy atom. The first-order chi connectivity index (χ1) is 7.49. The quantitative estimate of drug-likeness (QED) is 0.903. The smallest absolute Gasteiger partial charge is 0.0345 e. The molecule has 0 amide bonds. The molecule has 0 aromatic carbocycles. The number of rotatable bonds is 2. The number of halogens is 1. The largest absolute Gasteiger partial charge is 0.311 e. The van der Waals surface area contributed by atoms with E-state index in [1.807, 2.05) is 11.3 Å². The minimum absolute atomic E-state index is 0.246. The van der Waals surface area contributed by atoms with Crippen molar-refractivity contribution in [2.24, 2.45) is 0 Å². The van der Waals surface area contributed by atoms with Gasteiger partial charge in [-0.25, -0.2) is 0 Å². The highest BCUT2D eigenvalue weighted by Gasteiger charge is 2.32. The van der Waals surface area contributed by atoms with Crippen LogP contribution in [0.3, 0.4) is 0 Å². The molecule has 1 fully saturated rings. The number of piperazine rings is 1. The van der Waals surface area contributed by atoms with Crippen LogP contribution in [0.4, 0.5) is 0 Å². The summed E-state index contributed by atoms with van der Waals surface area (Å²) in [5.74, 6) is 0. The molecule has 0 aliphatic carbocycles. The fourth-order valence-electron chi connectivity index (χ4n) is 2.07. The fourth-order valence-corrected chi connectivity index (χ4v) is 3.56. The molecule has 1 aromatic rings. The molecule has 2 rings (SSSR count). The summed E-state index contributed by atoms with van der Waals surface area (Å²) in [6.07, 6.45) is 0. The zero-order valence-corrected chi connectivity index (χ0v) is 12.5. The van der Waals surface area contributed by atoms with Crippen molar-refractivity contribution in [3.8, 4) is 0 Å². The van der Waals surface area contributed by atoms with Gasteiger partial charge in [-0.2, -0.15) is 0 Å². The van der Waals surface area contributed by atoms with Crippen LogP contribution in [0.1, 0.15) is 25.6 Å². The number of hydrogen-bond acceptors (Lipinski definition) is 3. The molecule has 1 N–H and O–H groups in total. The minimum atomic E-state index is 0.246. The number of nitrogens with one attached hydrogen (secondary N) is 1. The van der Waals surface area contributed by atoms with Gasteiger partial charge >= 0.3 is 0 Å². The Kier molecular flexibility index (Phi) is 3.74. The van der Waals surface area contributed by atoms with Gasteiger partial charge in [-0.05, 0) is 48.1 Å². The highest BCUT2D eigenvalue weighted by Crippen LogP contribution is 2.28. The highest BCUT2D eigenvalue weighted by atomic mass is 79.9. The summed E-state index contributed by atoms with van der Waals surface area (Å²) in [7, 11) is 0. The Labute approximate surface area is 110 Å². The summed E-state index contributed by atoms with van der Waals surface area (Å²) in [6.45, 7) is 10.1. The van der Waals surface area contributed by atoms with E-state index in [0.29, 0.717) is 6.04 Å². The predicted octanol–water partition coefficient (Wildman–Crippen LogP) is 3.08. The third-order valence-electron chi connectivity index (χ3n) is 3.26. The van der Waals surface area contributed by atoms with E-state index in [4.69, 9.17) is 0 Å². The maximum absolute atomic E-state index is 3.61. The average Bonchev–Trinajstić information content (AvgIpc) is 2.59. The highest BCUT2D eigenvalue weighted by molar-refractivity contribution is 9.10. The third kappa shape index (κ3) is 2.67. The molecule has 16 heavy (non-hydrogen) atoms. The van der Waals surface area contributed by atoms with E-state index >= 15 is 0 Å². The molecule has 2 nitrogen and oxygen atoms in total. The molecule has 1 atom stereocenters. The van der Waals surface area contributed by atoms with Crippen molar-refractivity contribution in [2.75, 3.05) is 13.1 Å². The Hall–Kier alpha value is 0.1000. The van der Waals surface area contributed by atoms with Crippen molar-refractivity contribution in [1.82, 2.24) is 10.2 Å². The van der Waals surface area contributed by atoms with Crippen molar-refractivity contribution in [1.29, 1.82) is 0 Å². The molecule has 0 bridgehead atoms. The van der Waals surface area contributed by atoms with Crippen LogP contribution in [0.15, 0.2) is 15.9 Å². The number of thiophene rings is 1. The van der Waals surface area contributed by atoms with Gasteiger partial charge in [0.15, 0.2) is 0 Å². The first kappa shape index (κ1) is 12.6. The normalized spacial score (nSPS) is 25.9. The molecule has 1 unspecified atom stereocenters. The van der Waals surface area contributed by atoms with Crippen LogP contribution in [0.2, 0.25) is 0 Å². The first-order valence-electron chi connectivity index (χ1n) is 5.69. The summed E-state index contributed by atoms with van der Waals surface area (Å²) in [5.41, 5.74) is 0.246. The Bertz CT molecular complexity index is 362. The molecule has 2 heterocycles. The average molecular weight is 303 g/mol. The van der Waals surface area contributed by atoms with Gasteiger partial charge in [0.2, 0.25) is 0 Å². The van der Waals surface area contributed by atoms with Crippen LogP contribution >= 0.6 is 27.3 Å². The maximum Gasteiger partial charge on any atom is 0.0345 e. The predicted molar refractivity (Wildman–Crippen MR) is 74.0 cm³/mol. The third-order valence-corrected chi connectivity index (χ3v) is 5.17. The lowest BCUT2D eigenvalue weighted by molar-refractivity contribution is 0.0635.